The number of aryl methyl sites for hydroxylation is 1. The fourth-order valence-corrected chi connectivity index (χ4v) is 5.14. The van der Waals surface area contributed by atoms with E-state index in [2.05, 4.69) is 20.8 Å². The molecule has 3 amide bonds. The van der Waals surface area contributed by atoms with Crippen molar-refractivity contribution in [3.63, 3.8) is 0 Å². The molecule has 2 N–H and O–H groups in total. The van der Waals surface area contributed by atoms with Gasteiger partial charge < -0.3 is 24.8 Å². The molecule has 4 bridgehead atoms. The summed E-state index contributed by atoms with van der Waals surface area (Å²) >= 11 is 0. The Morgan fingerprint density at radius 1 is 0.953 bits per heavy atom. The van der Waals surface area contributed by atoms with Crippen LogP contribution >= 0.6 is 0 Å². The Labute approximate surface area is 253 Å². The molecule has 0 saturated carbocycles. The van der Waals surface area contributed by atoms with Gasteiger partial charge in [-0.05, 0) is 55.0 Å². The number of carbonyl (C=O) groups excluding carboxylic acids is 3. The third kappa shape index (κ3) is 9.66. The molecule has 0 aliphatic carbocycles. The van der Waals surface area contributed by atoms with Gasteiger partial charge in [0.05, 0.1) is 5.56 Å². The van der Waals surface area contributed by atoms with E-state index in [9.17, 15) is 14.4 Å². The van der Waals surface area contributed by atoms with Gasteiger partial charge in [-0.15, -0.1) is 0 Å². The average Bonchev–Trinajstić information content (AvgIpc) is 3.45. The zero-order chi connectivity index (χ0) is 30.6. The van der Waals surface area contributed by atoms with E-state index in [-0.39, 0.29) is 24.3 Å². The quantitative estimate of drug-likeness (QED) is 0.427. The number of para-hydroxylation sites is 1. The van der Waals surface area contributed by atoms with Gasteiger partial charge in [-0.3, -0.25) is 14.4 Å². The molecule has 43 heavy (non-hydrogen) atoms. The molecule has 10 nitrogen and oxygen atoms in total. The van der Waals surface area contributed by atoms with Gasteiger partial charge in [0.2, 0.25) is 17.6 Å². The van der Waals surface area contributed by atoms with Crippen molar-refractivity contribution >= 4 is 17.7 Å². The third-order valence-corrected chi connectivity index (χ3v) is 7.40. The van der Waals surface area contributed by atoms with Gasteiger partial charge in [0.25, 0.3) is 11.8 Å². The Kier molecular flexibility index (Phi) is 11.7. The predicted molar refractivity (Wildman–Crippen MR) is 162 cm³/mol. The Bertz CT molecular complexity index is 1370. The van der Waals surface area contributed by atoms with Crippen LogP contribution in [-0.4, -0.2) is 52.4 Å². The van der Waals surface area contributed by atoms with Crippen LogP contribution in [0.15, 0.2) is 53.1 Å². The summed E-state index contributed by atoms with van der Waals surface area (Å²) in [6, 6.07) is 13.5. The lowest BCUT2D eigenvalue weighted by atomic mass is 10.0. The summed E-state index contributed by atoms with van der Waals surface area (Å²) in [6.07, 6.45) is 7.33. The molecule has 3 aromatic rings. The van der Waals surface area contributed by atoms with Gasteiger partial charge in [0.15, 0.2) is 6.61 Å². The van der Waals surface area contributed by atoms with Gasteiger partial charge in [0.1, 0.15) is 11.8 Å². The number of aromatic nitrogens is 2. The number of amides is 3. The normalized spacial score (nSPS) is 18.4. The molecule has 230 valence electrons. The number of benzene rings is 2. The molecule has 0 saturated heterocycles. The number of ether oxygens (including phenoxy) is 1. The van der Waals surface area contributed by atoms with E-state index in [1.165, 1.54) is 0 Å². The largest absolute Gasteiger partial charge is 0.485 e. The van der Waals surface area contributed by atoms with Crippen molar-refractivity contribution in [1.29, 1.82) is 0 Å². The number of nitrogens with one attached hydrogen (secondary N) is 2. The van der Waals surface area contributed by atoms with Gasteiger partial charge in [-0.1, -0.05) is 69.0 Å². The second kappa shape index (κ2) is 15.9. The molecule has 0 unspecified atom stereocenters. The lowest BCUT2D eigenvalue weighted by Gasteiger charge is -2.26. The summed E-state index contributed by atoms with van der Waals surface area (Å²) in [5, 5.41) is 9.98. The van der Waals surface area contributed by atoms with E-state index in [0.717, 1.165) is 44.1 Å². The van der Waals surface area contributed by atoms with Crippen molar-refractivity contribution < 1.29 is 23.6 Å². The highest BCUT2D eigenvalue weighted by molar-refractivity contribution is 5.99. The zero-order valence-corrected chi connectivity index (χ0v) is 25.4. The molecule has 1 atom stereocenters. The van der Waals surface area contributed by atoms with E-state index in [0.29, 0.717) is 54.5 Å². The van der Waals surface area contributed by atoms with Crippen molar-refractivity contribution in [2.75, 3.05) is 13.6 Å². The highest BCUT2D eigenvalue weighted by Crippen LogP contribution is 2.21. The standard InChI is InChI=1S/C33H43N5O5/c1-23(2)19-27-33(41)38(3)21-24-13-12-14-25(20-24)31(39)34-18-11-7-5-4-6-8-17-30-36-29(37-43-30)22-42-28-16-10-9-15-26(28)32(40)35-27/h9-10,12-16,20,23,27H,4-8,11,17-19,21-22H2,1-3H3,(H,34,39)(H,35,40)/t27-/m1/s1. The average molecular weight is 590 g/mol. The molecule has 1 aromatic heterocycles. The lowest BCUT2D eigenvalue weighted by Crippen LogP contribution is -2.47. The number of carbonyl (C=O) groups is 3. The molecule has 1 aliphatic rings. The van der Waals surface area contributed by atoms with Crippen molar-refractivity contribution in [2.45, 2.75) is 84.4 Å². The first kappa shape index (κ1) is 31.7. The maximum atomic E-state index is 13.6. The molecule has 0 spiro atoms. The van der Waals surface area contributed by atoms with Crippen molar-refractivity contribution in [2.24, 2.45) is 5.92 Å². The highest BCUT2D eigenvalue weighted by atomic mass is 16.5. The summed E-state index contributed by atoms with van der Waals surface area (Å²) in [5.41, 5.74) is 1.71. The minimum Gasteiger partial charge on any atom is -0.485 e. The molecule has 4 rings (SSSR count). The molecule has 2 aromatic carbocycles. The smallest absolute Gasteiger partial charge is 0.255 e. The van der Waals surface area contributed by atoms with Crippen LogP contribution in [0.5, 0.6) is 5.75 Å². The van der Waals surface area contributed by atoms with Crippen molar-refractivity contribution in [3.8, 4) is 5.75 Å². The monoisotopic (exact) mass is 589 g/mol. The molecule has 2 heterocycles. The third-order valence-electron chi connectivity index (χ3n) is 7.40. The van der Waals surface area contributed by atoms with Crippen LogP contribution in [0, 0.1) is 5.92 Å². The van der Waals surface area contributed by atoms with Crippen LogP contribution in [0.3, 0.4) is 0 Å². The van der Waals surface area contributed by atoms with Gasteiger partial charge in [-0.25, -0.2) is 0 Å². The first-order valence-corrected chi connectivity index (χ1v) is 15.3. The van der Waals surface area contributed by atoms with E-state index in [1.54, 1.807) is 42.3 Å². The van der Waals surface area contributed by atoms with Crippen LogP contribution in [0.25, 0.3) is 0 Å². The van der Waals surface area contributed by atoms with E-state index < -0.39 is 11.9 Å². The molecule has 0 radical (unpaired) electrons. The molecule has 1 aliphatic heterocycles. The number of hydrogen-bond acceptors (Lipinski definition) is 7. The predicted octanol–water partition coefficient (Wildman–Crippen LogP) is 5.08. The second-order valence-corrected chi connectivity index (χ2v) is 11.6. The van der Waals surface area contributed by atoms with Crippen LogP contribution in [0.4, 0.5) is 0 Å². The van der Waals surface area contributed by atoms with E-state index in [4.69, 9.17) is 9.26 Å². The summed E-state index contributed by atoms with van der Waals surface area (Å²) in [5.74, 6) is 0.764. The first-order chi connectivity index (χ1) is 20.8. The summed E-state index contributed by atoms with van der Waals surface area (Å²) in [6.45, 7) is 4.99. The van der Waals surface area contributed by atoms with Crippen molar-refractivity contribution in [3.05, 3.63) is 76.9 Å². The van der Waals surface area contributed by atoms with Crippen molar-refractivity contribution in [1.82, 2.24) is 25.7 Å². The van der Waals surface area contributed by atoms with Crippen LogP contribution in [0.2, 0.25) is 0 Å². The topological polar surface area (TPSA) is 127 Å². The van der Waals surface area contributed by atoms with Gasteiger partial charge in [-0.2, -0.15) is 4.98 Å². The minimum absolute atomic E-state index is 0.0560. The van der Waals surface area contributed by atoms with E-state index >= 15 is 0 Å². The van der Waals surface area contributed by atoms with E-state index in [1.807, 2.05) is 32.0 Å². The Hall–Kier alpha value is -4.21. The van der Waals surface area contributed by atoms with Gasteiger partial charge >= 0.3 is 0 Å². The molecular formula is C33H43N5O5. The Morgan fingerprint density at radius 3 is 2.53 bits per heavy atom. The lowest BCUT2D eigenvalue weighted by molar-refractivity contribution is -0.132. The minimum atomic E-state index is -0.740. The maximum Gasteiger partial charge on any atom is 0.255 e. The highest BCUT2D eigenvalue weighted by Gasteiger charge is 2.27. The Morgan fingerprint density at radius 2 is 1.72 bits per heavy atom. The summed E-state index contributed by atoms with van der Waals surface area (Å²) in [7, 11) is 1.71. The fourth-order valence-electron chi connectivity index (χ4n) is 5.14. The Balaban J connectivity index is 1.53. The maximum absolute atomic E-state index is 13.6. The van der Waals surface area contributed by atoms with Crippen LogP contribution < -0.4 is 15.4 Å². The number of hydrogen-bond donors (Lipinski definition) is 2. The molecule has 10 heteroatoms. The second-order valence-electron chi connectivity index (χ2n) is 11.6. The summed E-state index contributed by atoms with van der Waals surface area (Å²) < 4.78 is 11.3. The number of likely N-dealkylation sites (N-methyl/N-ethyl adjacent to an activating group) is 1. The van der Waals surface area contributed by atoms with Gasteiger partial charge in [0, 0.05) is 32.1 Å². The molecule has 0 fully saturated rings. The number of fused-ring (bicyclic) bond motifs is 5. The fraction of sp³-hybridized carbons (Fsp3) is 0.485. The zero-order valence-electron chi connectivity index (χ0n) is 25.4. The number of rotatable bonds is 2. The van der Waals surface area contributed by atoms with Crippen LogP contribution in [0.1, 0.15) is 96.8 Å². The molecular weight excluding hydrogens is 546 g/mol. The van der Waals surface area contributed by atoms with Crippen LogP contribution in [-0.2, 0) is 24.4 Å². The summed E-state index contributed by atoms with van der Waals surface area (Å²) in [4.78, 5) is 45.9. The number of nitrogens with zero attached hydrogens (tertiary/aromatic N) is 3. The first-order valence-electron chi connectivity index (χ1n) is 15.3. The SMILES string of the molecule is CC(C)C[C@H]1NC(=O)c2ccccc2OCc2noc(n2)CCCCCCCCNC(=O)c2cccc(c2)CN(C)C1=O.